The van der Waals surface area contributed by atoms with Gasteiger partial charge in [-0.1, -0.05) is 6.07 Å². The van der Waals surface area contributed by atoms with Crippen molar-refractivity contribution in [3.05, 3.63) is 42.2 Å². The molecule has 3 aromatic rings. The molecule has 7 nitrogen and oxygen atoms in total. The number of primary amides is 1. The molecule has 0 bridgehead atoms. The predicted octanol–water partition coefficient (Wildman–Crippen LogP) is 1.71. The summed E-state index contributed by atoms with van der Waals surface area (Å²) in [5.41, 5.74) is 13.8. The number of carbonyl (C=O) groups is 1. The van der Waals surface area contributed by atoms with Crippen molar-refractivity contribution >= 4 is 22.6 Å². The Morgan fingerprint density at radius 2 is 1.91 bits per heavy atom. The van der Waals surface area contributed by atoms with Crippen molar-refractivity contribution in [2.45, 2.75) is 0 Å². The van der Waals surface area contributed by atoms with E-state index < -0.39 is 5.91 Å². The molecule has 2 aromatic carbocycles. The van der Waals surface area contributed by atoms with Crippen molar-refractivity contribution in [3.63, 3.8) is 0 Å². The van der Waals surface area contributed by atoms with Crippen LogP contribution in [0.5, 0.6) is 11.5 Å². The van der Waals surface area contributed by atoms with Crippen LogP contribution in [0, 0.1) is 0 Å². The van der Waals surface area contributed by atoms with Crippen LogP contribution >= 0.6 is 0 Å². The number of hydrogen-bond acceptors (Lipinski definition) is 6. The molecule has 0 saturated heterocycles. The third kappa shape index (κ3) is 2.10. The molecule has 1 aliphatic rings. The van der Waals surface area contributed by atoms with Crippen molar-refractivity contribution in [1.82, 2.24) is 9.97 Å². The van der Waals surface area contributed by atoms with E-state index in [0.29, 0.717) is 39.3 Å². The summed E-state index contributed by atoms with van der Waals surface area (Å²) in [6.45, 7) is 0.183. The van der Waals surface area contributed by atoms with Crippen LogP contribution in [0.25, 0.3) is 22.0 Å². The van der Waals surface area contributed by atoms with Gasteiger partial charge in [-0.15, -0.1) is 0 Å². The van der Waals surface area contributed by atoms with E-state index in [0.717, 1.165) is 5.56 Å². The van der Waals surface area contributed by atoms with Gasteiger partial charge in [0.1, 0.15) is 12.1 Å². The molecule has 0 radical (unpaired) electrons. The first-order valence-corrected chi connectivity index (χ1v) is 6.87. The largest absolute Gasteiger partial charge is 0.454 e. The lowest BCUT2D eigenvalue weighted by Gasteiger charge is -2.10. The lowest BCUT2D eigenvalue weighted by molar-refractivity contribution is 0.100. The van der Waals surface area contributed by atoms with Crippen LogP contribution in [0.15, 0.2) is 36.7 Å². The first kappa shape index (κ1) is 13.3. The summed E-state index contributed by atoms with van der Waals surface area (Å²) in [5.74, 6) is 1.04. The Bertz CT molecular complexity index is 955. The number of aromatic nitrogens is 2. The Kier molecular flexibility index (Phi) is 2.80. The fourth-order valence-corrected chi connectivity index (χ4v) is 2.63. The van der Waals surface area contributed by atoms with E-state index in [2.05, 4.69) is 9.97 Å². The molecule has 1 aromatic heterocycles. The third-order valence-corrected chi connectivity index (χ3v) is 3.75. The molecule has 1 aliphatic heterocycles. The third-order valence-electron chi connectivity index (χ3n) is 3.75. The smallest absolute Gasteiger partial charge is 0.249 e. The molecule has 1 amide bonds. The van der Waals surface area contributed by atoms with Gasteiger partial charge >= 0.3 is 0 Å². The van der Waals surface area contributed by atoms with E-state index in [9.17, 15) is 4.79 Å². The van der Waals surface area contributed by atoms with Crippen LogP contribution in [0.1, 0.15) is 10.4 Å². The van der Waals surface area contributed by atoms with Crippen LogP contribution < -0.4 is 20.9 Å². The minimum atomic E-state index is -0.553. The average Bonchev–Trinajstić information content (AvgIpc) is 3.01. The number of fused-ring (bicyclic) bond motifs is 2. The van der Waals surface area contributed by atoms with Gasteiger partial charge in [0, 0.05) is 10.9 Å². The summed E-state index contributed by atoms with van der Waals surface area (Å²) in [4.78, 5) is 20.0. The molecule has 0 saturated carbocycles. The van der Waals surface area contributed by atoms with Crippen LogP contribution in [0.2, 0.25) is 0 Å². The highest BCUT2D eigenvalue weighted by atomic mass is 16.7. The van der Waals surface area contributed by atoms with Crippen molar-refractivity contribution in [2.24, 2.45) is 5.73 Å². The molecular formula is C16H12N4O3. The van der Waals surface area contributed by atoms with Gasteiger partial charge in [0.05, 0.1) is 5.52 Å². The van der Waals surface area contributed by atoms with E-state index in [1.165, 1.54) is 6.33 Å². The highest BCUT2D eigenvalue weighted by Gasteiger charge is 2.18. The van der Waals surface area contributed by atoms with Crippen LogP contribution in [-0.4, -0.2) is 22.7 Å². The second-order valence-electron chi connectivity index (χ2n) is 5.11. The first-order chi connectivity index (χ1) is 11.1. The predicted molar refractivity (Wildman–Crippen MR) is 84.0 cm³/mol. The molecule has 7 heteroatoms. The summed E-state index contributed by atoms with van der Waals surface area (Å²) in [6.07, 6.45) is 1.38. The fraction of sp³-hybridized carbons (Fsp3) is 0.0625. The quantitative estimate of drug-likeness (QED) is 0.745. The van der Waals surface area contributed by atoms with Gasteiger partial charge in [-0.25, -0.2) is 9.97 Å². The molecule has 0 unspecified atom stereocenters. The Morgan fingerprint density at radius 3 is 2.74 bits per heavy atom. The Balaban J connectivity index is 1.98. The highest BCUT2D eigenvalue weighted by Crippen LogP contribution is 2.37. The van der Waals surface area contributed by atoms with E-state index >= 15 is 0 Å². The molecule has 4 rings (SSSR count). The van der Waals surface area contributed by atoms with Crippen molar-refractivity contribution in [1.29, 1.82) is 0 Å². The monoisotopic (exact) mass is 308 g/mol. The van der Waals surface area contributed by atoms with Gasteiger partial charge < -0.3 is 20.9 Å². The Hall–Kier alpha value is -3.35. The summed E-state index contributed by atoms with van der Waals surface area (Å²) in [6, 6.07) is 8.82. The number of hydrogen-bond donors (Lipinski definition) is 2. The van der Waals surface area contributed by atoms with Crippen LogP contribution in [0.4, 0.5) is 5.82 Å². The van der Waals surface area contributed by atoms with Crippen molar-refractivity contribution in [3.8, 4) is 22.6 Å². The first-order valence-electron chi connectivity index (χ1n) is 6.87. The van der Waals surface area contributed by atoms with Gasteiger partial charge in [0.15, 0.2) is 11.5 Å². The Labute approximate surface area is 130 Å². The lowest BCUT2D eigenvalue weighted by Crippen LogP contribution is -2.13. The van der Waals surface area contributed by atoms with Gasteiger partial charge in [0.2, 0.25) is 12.7 Å². The summed E-state index contributed by atoms with van der Waals surface area (Å²) >= 11 is 0. The number of carbonyl (C=O) groups excluding carboxylic acids is 1. The zero-order chi connectivity index (χ0) is 16.0. The fourth-order valence-electron chi connectivity index (χ4n) is 2.63. The molecule has 23 heavy (non-hydrogen) atoms. The molecule has 114 valence electrons. The second kappa shape index (κ2) is 4.84. The molecule has 0 atom stereocenters. The van der Waals surface area contributed by atoms with Gasteiger partial charge in [0.25, 0.3) is 0 Å². The standard InChI is InChI=1S/C16H12N4O3/c17-15-11-4-10(16(18)21)9(5-12(11)19-6-20-15)8-1-2-13-14(3-8)23-7-22-13/h1-6H,7H2,(H2,18,21)(H2,17,19,20). The minimum absolute atomic E-state index is 0.183. The number of anilines is 1. The average molecular weight is 308 g/mol. The number of nitrogens with two attached hydrogens (primary N) is 2. The molecule has 0 fully saturated rings. The van der Waals surface area contributed by atoms with Crippen molar-refractivity contribution < 1.29 is 14.3 Å². The maximum Gasteiger partial charge on any atom is 0.249 e. The Morgan fingerprint density at radius 1 is 1.09 bits per heavy atom. The van der Waals surface area contributed by atoms with E-state index in [1.54, 1.807) is 24.3 Å². The molecule has 2 heterocycles. The number of ether oxygens (including phenoxy) is 2. The van der Waals surface area contributed by atoms with Gasteiger partial charge in [-0.2, -0.15) is 0 Å². The number of nitrogens with zero attached hydrogens (tertiary/aromatic N) is 2. The normalized spacial score (nSPS) is 12.5. The van der Waals surface area contributed by atoms with E-state index in [1.807, 2.05) is 6.07 Å². The number of benzene rings is 2. The van der Waals surface area contributed by atoms with E-state index in [-0.39, 0.29) is 6.79 Å². The zero-order valence-corrected chi connectivity index (χ0v) is 11.9. The number of amides is 1. The topological polar surface area (TPSA) is 113 Å². The maximum atomic E-state index is 11.9. The lowest BCUT2D eigenvalue weighted by atomic mass is 9.96. The summed E-state index contributed by atoms with van der Waals surface area (Å²) in [7, 11) is 0. The zero-order valence-electron chi connectivity index (χ0n) is 11.9. The summed E-state index contributed by atoms with van der Waals surface area (Å²) in [5, 5.41) is 0.589. The van der Waals surface area contributed by atoms with Crippen LogP contribution in [0.3, 0.4) is 0 Å². The van der Waals surface area contributed by atoms with E-state index in [4.69, 9.17) is 20.9 Å². The minimum Gasteiger partial charge on any atom is -0.454 e. The highest BCUT2D eigenvalue weighted by molar-refractivity contribution is 6.05. The van der Waals surface area contributed by atoms with Crippen molar-refractivity contribution in [2.75, 3.05) is 12.5 Å². The molecular weight excluding hydrogens is 296 g/mol. The molecule has 4 N–H and O–H groups in total. The maximum absolute atomic E-state index is 11.9. The number of nitrogen functional groups attached to an aromatic ring is 1. The summed E-state index contributed by atoms with van der Waals surface area (Å²) < 4.78 is 10.7. The van der Waals surface area contributed by atoms with Crippen LogP contribution in [-0.2, 0) is 0 Å². The van der Waals surface area contributed by atoms with Gasteiger partial charge in [-0.3, -0.25) is 4.79 Å². The van der Waals surface area contributed by atoms with Gasteiger partial charge in [-0.05, 0) is 35.4 Å². The molecule has 0 spiro atoms. The second-order valence-corrected chi connectivity index (χ2v) is 5.11. The SMILES string of the molecule is NC(=O)c1cc2c(N)ncnc2cc1-c1ccc2c(c1)OCO2. The molecule has 0 aliphatic carbocycles. The number of rotatable bonds is 2.